The molecular formula is C23H27N3O6. The van der Waals surface area contributed by atoms with Crippen LogP contribution in [0.25, 0.3) is 0 Å². The van der Waals surface area contributed by atoms with E-state index in [1.807, 2.05) is 0 Å². The summed E-state index contributed by atoms with van der Waals surface area (Å²) in [6, 6.07) is 10.6. The highest BCUT2D eigenvalue weighted by atomic mass is 16.7. The topological polar surface area (TPSA) is 98.4 Å². The summed E-state index contributed by atoms with van der Waals surface area (Å²) in [6.45, 7) is 1.83. The Bertz CT molecular complexity index is 988. The number of nitrogens with one attached hydrogen (secondary N) is 2. The maximum Gasteiger partial charge on any atom is 0.238 e. The van der Waals surface area contributed by atoms with Gasteiger partial charge in [-0.2, -0.15) is 0 Å². The molecule has 0 aromatic heterocycles. The first-order valence-corrected chi connectivity index (χ1v) is 10.5. The van der Waals surface area contributed by atoms with E-state index < -0.39 is 0 Å². The fraction of sp³-hybridized carbons (Fsp3) is 0.391. The number of fused-ring (bicyclic) bond motifs is 1. The fourth-order valence-corrected chi connectivity index (χ4v) is 3.89. The zero-order valence-electron chi connectivity index (χ0n) is 18.2. The summed E-state index contributed by atoms with van der Waals surface area (Å²) in [5.74, 6) is 2.26. The van der Waals surface area contributed by atoms with Gasteiger partial charge in [-0.15, -0.1) is 0 Å². The van der Waals surface area contributed by atoms with Crippen LogP contribution in [0.5, 0.6) is 23.0 Å². The molecular weight excluding hydrogens is 414 g/mol. The molecule has 4 rings (SSSR count). The van der Waals surface area contributed by atoms with Gasteiger partial charge in [0.1, 0.15) is 0 Å². The zero-order valence-corrected chi connectivity index (χ0v) is 18.2. The molecule has 0 radical (unpaired) electrons. The third-order valence-corrected chi connectivity index (χ3v) is 5.63. The van der Waals surface area contributed by atoms with Gasteiger partial charge in [-0.05, 0) is 50.2 Å². The lowest BCUT2D eigenvalue weighted by molar-refractivity contribution is -0.121. The lowest BCUT2D eigenvalue weighted by Gasteiger charge is -2.30. The van der Waals surface area contributed by atoms with Crippen LogP contribution in [0.4, 0.5) is 11.4 Å². The Morgan fingerprint density at radius 2 is 1.62 bits per heavy atom. The average molecular weight is 441 g/mol. The van der Waals surface area contributed by atoms with Crippen LogP contribution in [0.3, 0.4) is 0 Å². The lowest BCUT2D eigenvalue weighted by atomic mass is 9.95. The number of methoxy groups -OCH3 is 2. The van der Waals surface area contributed by atoms with E-state index in [0.29, 0.717) is 60.3 Å². The van der Waals surface area contributed by atoms with Crippen molar-refractivity contribution in [3.8, 4) is 23.0 Å². The summed E-state index contributed by atoms with van der Waals surface area (Å²) in [6.07, 6.45) is 1.39. The minimum Gasteiger partial charge on any atom is -0.493 e. The maximum absolute atomic E-state index is 12.6. The van der Waals surface area contributed by atoms with E-state index in [1.165, 1.54) is 0 Å². The van der Waals surface area contributed by atoms with Crippen molar-refractivity contribution in [3.05, 3.63) is 36.4 Å². The van der Waals surface area contributed by atoms with Crippen LogP contribution < -0.4 is 29.6 Å². The molecule has 2 aromatic rings. The van der Waals surface area contributed by atoms with Crippen molar-refractivity contribution in [3.63, 3.8) is 0 Å². The van der Waals surface area contributed by atoms with Gasteiger partial charge in [0.2, 0.25) is 18.6 Å². The van der Waals surface area contributed by atoms with Gasteiger partial charge in [0.25, 0.3) is 0 Å². The Morgan fingerprint density at radius 1 is 0.938 bits per heavy atom. The number of carbonyl (C=O) groups is 2. The van der Waals surface area contributed by atoms with Crippen molar-refractivity contribution in [2.75, 3.05) is 51.3 Å². The Balaban J connectivity index is 1.24. The Kier molecular flexibility index (Phi) is 6.65. The number of likely N-dealkylation sites (tertiary alicyclic amines) is 1. The minimum atomic E-state index is -0.111. The Hall–Kier alpha value is -3.46. The van der Waals surface area contributed by atoms with Crippen molar-refractivity contribution in [2.24, 2.45) is 5.92 Å². The van der Waals surface area contributed by atoms with Crippen LogP contribution in [0.1, 0.15) is 12.8 Å². The van der Waals surface area contributed by atoms with E-state index in [2.05, 4.69) is 15.5 Å². The number of hydrogen-bond acceptors (Lipinski definition) is 7. The van der Waals surface area contributed by atoms with Crippen LogP contribution in [-0.4, -0.2) is 57.4 Å². The van der Waals surface area contributed by atoms with Crippen molar-refractivity contribution in [1.29, 1.82) is 0 Å². The molecule has 0 spiro atoms. The molecule has 0 unspecified atom stereocenters. The number of hydrogen-bond donors (Lipinski definition) is 2. The second-order valence-corrected chi connectivity index (χ2v) is 7.73. The Labute approximate surface area is 186 Å². The molecule has 2 amide bonds. The first-order valence-electron chi connectivity index (χ1n) is 10.5. The van der Waals surface area contributed by atoms with Crippen molar-refractivity contribution >= 4 is 23.2 Å². The van der Waals surface area contributed by atoms with Gasteiger partial charge in [-0.25, -0.2) is 0 Å². The number of anilines is 2. The van der Waals surface area contributed by atoms with Crippen LogP contribution >= 0.6 is 0 Å². The van der Waals surface area contributed by atoms with Crippen molar-refractivity contribution in [1.82, 2.24) is 4.90 Å². The highest BCUT2D eigenvalue weighted by Gasteiger charge is 2.26. The van der Waals surface area contributed by atoms with Gasteiger partial charge in [-0.3, -0.25) is 14.5 Å². The molecule has 2 N–H and O–H groups in total. The van der Waals surface area contributed by atoms with Crippen LogP contribution in [-0.2, 0) is 9.59 Å². The van der Waals surface area contributed by atoms with Gasteiger partial charge >= 0.3 is 0 Å². The molecule has 2 aromatic carbocycles. The molecule has 170 valence electrons. The molecule has 9 nitrogen and oxygen atoms in total. The molecule has 0 bridgehead atoms. The molecule has 1 fully saturated rings. The number of nitrogens with zero attached hydrogens (tertiary/aromatic N) is 1. The summed E-state index contributed by atoms with van der Waals surface area (Å²) in [5.41, 5.74) is 1.33. The quantitative estimate of drug-likeness (QED) is 0.682. The zero-order chi connectivity index (χ0) is 22.5. The van der Waals surface area contributed by atoms with E-state index >= 15 is 0 Å². The Morgan fingerprint density at radius 3 is 2.38 bits per heavy atom. The summed E-state index contributed by atoms with van der Waals surface area (Å²) >= 11 is 0. The summed E-state index contributed by atoms with van der Waals surface area (Å²) in [4.78, 5) is 27.2. The SMILES string of the molecule is COc1ccc(NC(=O)CN2CCC(C(=O)Nc3ccc4c(c3)OCO4)CC2)cc1OC. The third kappa shape index (κ3) is 5.05. The molecule has 0 saturated carbocycles. The first-order chi connectivity index (χ1) is 15.6. The predicted molar refractivity (Wildman–Crippen MR) is 119 cm³/mol. The van der Waals surface area contributed by atoms with Gasteiger partial charge in [0, 0.05) is 29.4 Å². The lowest BCUT2D eigenvalue weighted by Crippen LogP contribution is -2.41. The predicted octanol–water partition coefficient (Wildman–Crippen LogP) is 2.72. The minimum absolute atomic E-state index is 0.0155. The number of piperidine rings is 1. The molecule has 9 heteroatoms. The molecule has 1 saturated heterocycles. The molecule has 2 aliphatic rings. The van der Waals surface area contributed by atoms with Crippen LogP contribution in [0.15, 0.2) is 36.4 Å². The summed E-state index contributed by atoms with van der Waals surface area (Å²) in [7, 11) is 3.12. The van der Waals surface area contributed by atoms with Crippen molar-refractivity contribution in [2.45, 2.75) is 12.8 Å². The van der Waals surface area contributed by atoms with Gasteiger partial charge in [0.05, 0.1) is 20.8 Å². The monoisotopic (exact) mass is 441 g/mol. The van der Waals surface area contributed by atoms with Gasteiger partial charge in [0.15, 0.2) is 23.0 Å². The average Bonchev–Trinajstić information content (AvgIpc) is 3.27. The van der Waals surface area contributed by atoms with E-state index in [0.717, 1.165) is 0 Å². The standard InChI is InChI=1S/C23H27N3O6/c1-29-18-5-3-16(11-20(18)30-2)24-22(27)13-26-9-7-15(8-10-26)23(28)25-17-4-6-19-21(12-17)32-14-31-19/h3-6,11-12,15H,7-10,13-14H2,1-2H3,(H,24,27)(H,25,28). The number of amides is 2. The maximum atomic E-state index is 12.6. The number of ether oxygens (including phenoxy) is 4. The van der Waals surface area contributed by atoms with E-state index in [4.69, 9.17) is 18.9 Å². The van der Waals surface area contributed by atoms with Crippen LogP contribution in [0, 0.1) is 5.92 Å². The smallest absolute Gasteiger partial charge is 0.238 e. The molecule has 32 heavy (non-hydrogen) atoms. The van der Waals surface area contributed by atoms with E-state index in [1.54, 1.807) is 50.6 Å². The van der Waals surface area contributed by atoms with Gasteiger partial charge in [-0.1, -0.05) is 0 Å². The van der Waals surface area contributed by atoms with Crippen LogP contribution in [0.2, 0.25) is 0 Å². The van der Waals surface area contributed by atoms with Gasteiger partial charge < -0.3 is 29.6 Å². The van der Waals surface area contributed by atoms with E-state index in [9.17, 15) is 9.59 Å². The molecule has 2 heterocycles. The summed E-state index contributed by atoms with van der Waals surface area (Å²) < 4.78 is 21.1. The first kappa shape index (κ1) is 21.8. The summed E-state index contributed by atoms with van der Waals surface area (Å²) in [5, 5.41) is 5.84. The second kappa shape index (κ2) is 9.78. The van der Waals surface area contributed by atoms with Crippen molar-refractivity contribution < 1.29 is 28.5 Å². The highest BCUT2D eigenvalue weighted by Crippen LogP contribution is 2.34. The molecule has 0 aliphatic carbocycles. The van der Waals surface area contributed by atoms with E-state index in [-0.39, 0.29) is 31.1 Å². The molecule has 2 aliphatic heterocycles. The number of benzene rings is 2. The normalized spacial score (nSPS) is 15.8. The second-order valence-electron chi connectivity index (χ2n) is 7.73. The third-order valence-electron chi connectivity index (χ3n) is 5.63. The molecule has 0 atom stereocenters. The fourth-order valence-electron chi connectivity index (χ4n) is 3.89. The number of rotatable bonds is 7. The number of carbonyl (C=O) groups excluding carboxylic acids is 2. The largest absolute Gasteiger partial charge is 0.493 e. The highest BCUT2D eigenvalue weighted by molar-refractivity contribution is 5.93.